The summed E-state index contributed by atoms with van der Waals surface area (Å²) in [6.07, 6.45) is 1.62. The fourth-order valence-electron chi connectivity index (χ4n) is 2.41. The Hall–Kier alpha value is -3.79. The lowest BCUT2D eigenvalue weighted by molar-refractivity contribution is 0.355. The van der Waals surface area contributed by atoms with Crippen LogP contribution in [0.1, 0.15) is 5.56 Å². The summed E-state index contributed by atoms with van der Waals surface area (Å²) >= 11 is 0. The molecule has 0 unspecified atom stereocenters. The summed E-state index contributed by atoms with van der Waals surface area (Å²) in [6, 6.07) is 13.8. The Morgan fingerprint density at radius 1 is 1.04 bits per heavy atom. The first kappa shape index (κ1) is 17.0. The van der Waals surface area contributed by atoms with Crippen molar-refractivity contribution in [1.82, 2.24) is 9.97 Å². The zero-order valence-electron chi connectivity index (χ0n) is 14.2. The van der Waals surface area contributed by atoms with Gasteiger partial charge in [-0.2, -0.15) is 5.26 Å². The quantitative estimate of drug-likeness (QED) is 0.728. The number of aromatic nitrogens is 2. The molecular formula is C19H16N4O3. The highest BCUT2D eigenvalue weighted by Crippen LogP contribution is 2.31. The van der Waals surface area contributed by atoms with E-state index in [2.05, 4.69) is 15.3 Å². The van der Waals surface area contributed by atoms with Crippen LogP contribution in [0.15, 0.2) is 48.7 Å². The molecule has 2 N–H and O–H groups in total. The molecule has 0 amide bonds. The van der Waals surface area contributed by atoms with E-state index in [0.29, 0.717) is 28.7 Å². The average molecular weight is 348 g/mol. The van der Waals surface area contributed by atoms with Gasteiger partial charge in [0.2, 0.25) is 5.95 Å². The highest BCUT2D eigenvalue weighted by molar-refractivity contribution is 5.66. The van der Waals surface area contributed by atoms with Crippen LogP contribution < -0.4 is 14.8 Å². The fraction of sp³-hybridized carbons (Fsp3) is 0.105. The molecule has 7 heteroatoms. The van der Waals surface area contributed by atoms with Gasteiger partial charge in [0, 0.05) is 23.5 Å². The number of phenols is 1. The maximum absolute atomic E-state index is 9.63. The van der Waals surface area contributed by atoms with Gasteiger partial charge >= 0.3 is 0 Å². The van der Waals surface area contributed by atoms with Gasteiger partial charge in [0.1, 0.15) is 11.8 Å². The largest absolute Gasteiger partial charge is 0.507 e. The van der Waals surface area contributed by atoms with Crippen molar-refractivity contribution in [2.24, 2.45) is 0 Å². The molecule has 0 saturated carbocycles. The molecule has 0 atom stereocenters. The van der Waals surface area contributed by atoms with Crippen molar-refractivity contribution < 1.29 is 14.6 Å². The van der Waals surface area contributed by atoms with Crippen LogP contribution in [0.4, 0.5) is 11.6 Å². The third kappa shape index (κ3) is 3.49. The van der Waals surface area contributed by atoms with Crippen LogP contribution >= 0.6 is 0 Å². The molecule has 130 valence electrons. The second kappa shape index (κ2) is 7.40. The first-order valence-electron chi connectivity index (χ1n) is 7.70. The molecule has 0 saturated heterocycles. The highest BCUT2D eigenvalue weighted by Gasteiger charge is 2.08. The molecular weight excluding hydrogens is 332 g/mol. The van der Waals surface area contributed by atoms with Crippen molar-refractivity contribution in [2.75, 3.05) is 19.5 Å². The van der Waals surface area contributed by atoms with E-state index in [1.165, 1.54) is 6.07 Å². The maximum Gasteiger partial charge on any atom is 0.227 e. The van der Waals surface area contributed by atoms with E-state index in [4.69, 9.17) is 14.7 Å². The highest BCUT2D eigenvalue weighted by atomic mass is 16.5. The number of hydrogen-bond acceptors (Lipinski definition) is 7. The molecule has 0 aliphatic rings. The summed E-state index contributed by atoms with van der Waals surface area (Å²) in [5.41, 5.74) is 2.26. The molecule has 2 aromatic carbocycles. The summed E-state index contributed by atoms with van der Waals surface area (Å²) in [5, 5.41) is 21.8. The molecule has 0 aliphatic carbocycles. The van der Waals surface area contributed by atoms with E-state index < -0.39 is 0 Å². The van der Waals surface area contributed by atoms with E-state index in [-0.39, 0.29) is 11.3 Å². The summed E-state index contributed by atoms with van der Waals surface area (Å²) in [6.45, 7) is 0. The van der Waals surface area contributed by atoms with Crippen LogP contribution in [0.5, 0.6) is 17.2 Å². The molecule has 0 fully saturated rings. The molecule has 0 radical (unpaired) electrons. The lowest BCUT2D eigenvalue weighted by atomic mass is 10.1. The van der Waals surface area contributed by atoms with Gasteiger partial charge in [-0.25, -0.2) is 9.97 Å². The monoisotopic (exact) mass is 348 g/mol. The Morgan fingerprint density at radius 2 is 1.85 bits per heavy atom. The van der Waals surface area contributed by atoms with Crippen LogP contribution in [0.2, 0.25) is 0 Å². The van der Waals surface area contributed by atoms with Gasteiger partial charge in [-0.05, 0) is 36.4 Å². The minimum Gasteiger partial charge on any atom is -0.507 e. The molecule has 0 spiro atoms. The Kier molecular flexibility index (Phi) is 4.85. The number of methoxy groups -OCH3 is 2. The van der Waals surface area contributed by atoms with Crippen LogP contribution in [0.25, 0.3) is 11.3 Å². The number of benzene rings is 2. The normalized spacial score (nSPS) is 10.0. The van der Waals surface area contributed by atoms with Crippen LogP contribution in [-0.4, -0.2) is 29.3 Å². The predicted molar refractivity (Wildman–Crippen MR) is 96.7 cm³/mol. The molecule has 26 heavy (non-hydrogen) atoms. The lowest BCUT2D eigenvalue weighted by Gasteiger charge is -2.11. The summed E-state index contributed by atoms with van der Waals surface area (Å²) in [5.74, 6) is 1.54. The van der Waals surface area contributed by atoms with E-state index in [0.717, 1.165) is 5.69 Å². The molecule has 0 aliphatic heterocycles. The van der Waals surface area contributed by atoms with Crippen LogP contribution in [-0.2, 0) is 0 Å². The number of phenolic OH excluding ortho intramolecular Hbond substituents is 1. The van der Waals surface area contributed by atoms with Crippen molar-refractivity contribution >= 4 is 11.6 Å². The third-order valence-corrected chi connectivity index (χ3v) is 3.71. The SMILES string of the molecule is COc1ccc(Nc2nccc(-c3ccc(O)c(C#N)c3)n2)cc1OC. The zero-order chi connectivity index (χ0) is 18.5. The van der Waals surface area contributed by atoms with Gasteiger partial charge in [0.05, 0.1) is 25.5 Å². The third-order valence-electron chi connectivity index (χ3n) is 3.71. The number of nitrogens with zero attached hydrogens (tertiary/aromatic N) is 3. The van der Waals surface area contributed by atoms with Crippen molar-refractivity contribution in [3.05, 3.63) is 54.2 Å². The number of aromatic hydroxyl groups is 1. The fourth-order valence-corrected chi connectivity index (χ4v) is 2.41. The lowest BCUT2D eigenvalue weighted by Crippen LogP contribution is -1.99. The van der Waals surface area contributed by atoms with Gasteiger partial charge < -0.3 is 19.9 Å². The van der Waals surface area contributed by atoms with E-state index in [9.17, 15) is 5.11 Å². The second-order valence-corrected chi connectivity index (χ2v) is 5.30. The summed E-state index contributed by atoms with van der Waals surface area (Å²) in [7, 11) is 3.14. The van der Waals surface area contributed by atoms with Crippen molar-refractivity contribution in [3.63, 3.8) is 0 Å². The minimum absolute atomic E-state index is 0.0611. The standard InChI is InChI=1S/C19H16N4O3/c1-25-17-6-4-14(10-18(17)26-2)22-19-21-8-7-15(23-19)12-3-5-16(24)13(9-12)11-20/h3-10,24H,1-2H3,(H,21,22,23). The molecule has 0 bridgehead atoms. The topological polar surface area (TPSA) is 100 Å². The van der Waals surface area contributed by atoms with Gasteiger partial charge in [-0.1, -0.05) is 0 Å². The molecule has 1 heterocycles. The number of ether oxygens (including phenoxy) is 2. The van der Waals surface area contributed by atoms with Gasteiger partial charge in [0.25, 0.3) is 0 Å². The molecule has 3 aromatic rings. The smallest absolute Gasteiger partial charge is 0.227 e. The number of nitriles is 1. The Morgan fingerprint density at radius 3 is 2.58 bits per heavy atom. The molecule has 7 nitrogen and oxygen atoms in total. The zero-order valence-corrected chi connectivity index (χ0v) is 14.2. The summed E-state index contributed by atoms with van der Waals surface area (Å²) < 4.78 is 10.5. The number of anilines is 2. The first-order valence-corrected chi connectivity index (χ1v) is 7.70. The van der Waals surface area contributed by atoms with Gasteiger partial charge in [-0.3, -0.25) is 0 Å². The minimum atomic E-state index is -0.0611. The van der Waals surface area contributed by atoms with Crippen molar-refractivity contribution in [1.29, 1.82) is 5.26 Å². The van der Waals surface area contributed by atoms with E-state index >= 15 is 0 Å². The first-order chi connectivity index (χ1) is 12.6. The van der Waals surface area contributed by atoms with Gasteiger partial charge in [-0.15, -0.1) is 0 Å². The Labute approximate surface area is 150 Å². The number of hydrogen-bond donors (Lipinski definition) is 2. The molecule has 3 rings (SSSR count). The summed E-state index contributed by atoms with van der Waals surface area (Å²) in [4.78, 5) is 8.67. The molecule has 1 aromatic heterocycles. The predicted octanol–water partition coefficient (Wildman–Crippen LogP) is 3.48. The Bertz CT molecular complexity index is 983. The van der Waals surface area contributed by atoms with E-state index in [1.54, 1.807) is 50.7 Å². The maximum atomic E-state index is 9.63. The second-order valence-electron chi connectivity index (χ2n) is 5.30. The van der Waals surface area contributed by atoms with Crippen molar-refractivity contribution in [3.8, 4) is 34.6 Å². The number of nitrogens with one attached hydrogen (secondary N) is 1. The van der Waals surface area contributed by atoms with Gasteiger partial charge in [0.15, 0.2) is 11.5 Å². The number of rotatable bonds is 5. The average Bonchev–Trinajstić information content (AvgIpc) is 2.68. The van der Waals surface area contributed by atoms with Crippen LogP contribution in [0.3, 0.4) is 0 Å². The van der Waals surface area contributed by atoms with Crippen molar-refractivity contribution in [2.45, 2.75) is 0 Å². The van der Waals surface area contributed by atoms with E-state index in [1.807, 2.05) is 12.1 Å². The Balaban J connectivity index is 1.90. The van der Waals surface area contributed by atoms with Crippen LogP contribution in [0, 0.1) is 11.3 Å².